The first-order chi connectivity index (χ1) is 14.6. The third kappa shape index (κ3) is 4.77. The van der Waals surface area contributed by atoms with Crippen LogP contribution in [-0.4, -0.2) is 47.2 Å². The molecule has 0 spiro atoms. The summed E-state index contributed by atoms with van der Waals surface area (Å²) in [6.07, 6.45) is 2.14. The van der Waals surface area contributed by atoms with Gasteiger partial charge in [-0.15, -0.1) is 0 Å². The van der Waals surface area contributed by atoms with Crippen molar-refractivity contribution in [1.82, 2.24) is 15.6 Å². The van der Waals surface area contributed by atoms with Crippen molar-refractivity contribution in [3.63, 3.8) is 0 Å². The number of carbonyl (C=O) groups excluding carboxylic acids is 1. The molecule has 30 heavy (non-hydrogen) atoms. The van der Waals surface area contributed by atoms with Gasteiger partial charge in [0, 0.05) is 12.6 Å². The number of fused-ring (bicyclic) bond motifs is 2. The van der Waals surface area contributed by atoms with E-state index in [1.807, 2.05) is 18.2 Å². The maximum atomic E-state index is 11.5. The molecule has 0 bridgehead atoms. The lowest BCUT2D eigenvalue weighted by Crippen LogP contribution is -2.37. The number of rotatable bonds is 8. The molecule has 0 fully saturated rings. The van der Waals surface area contributed by atoms with E-state index in [0.717, 1.165) is 24.8 Å². The first kappa shape index (κ1) is 20.3. The van der Waals surface area contributed by atoms with Gasteiger partial charge in [0.05, 0.1) is 12.7 Å². The Kier molecular flexibility index (Phi) is 6.25. The molecule has 0 saturated heterocycles. The molecule has 2 aromatic carbocycles. The Bertz CT molecular complexity index is 1020. The van der Waals surface area contributed by atoms with Crippen molar-refractivity contribution in [2.75, 3.05) is 19.8 Å². The number of hydrogen-bond acceptors (Lipinski definition) is 8. The van der Waals surface area contributed by atoms with Gasteiger partial charge in [0.2, 0.25) is 0 Å². The molecule has 2 atom stereocenters. The minimum absolute atomic E-state index is 0.0914. The van der Waals surface area contributed by atoms with E-state index in [9.17, 15) is 9.90 Å². The van der Waals surface area contributed by atoms with E-state index in [1.54, 1.807) is 19.1 Å². The highest BCUT2D eigenvalue weighted by atomic mass is 16.6. The molecular weight excluding hydrogens is 386 g/mol. The average Bonchev–Trinajstić information content (AvgIpc) is 3.24. The van der Waals surface area contributed by atoms with Gasteiger partial charge in [0.25, 0.3) is 0 Å². The molecule has 1 heterocycles. The summed E-state index contributed by atoms with van der Waals surface area (Å²) < 4.78 is 15.2. The van der Waals surface area contributed by atoms with Crippen LogP contribution >= 0.6 is 0 Å². The number of nitrogens with one attached hydrogen (secondary N) is 1. The number of esters is 1. The number of aliphatic hydroxyl groups is 1. The molecule has 0 amide bonds. The van der Waals surface area contributed by atoms with Crippen LogP contribution in [0.1, 0.15) is 36.1 Å². The summed E-state index contributed by atoms with van der Waals surface area (Å²) in [5.41, 5.74) is 4.57. The molecule has 158 valence electrons. The second-order valence-electron chi connectivity index (χ2n) is 7.40. The molecule has 3 aromatic rings. The smallest absolute Gasteiger partial charge is 0.344 e. The van der Waals surface area contributed by atoms with Crippen LogP contribution in [-0.2, 0) is 22.4 Å². The van der Waals surface area contributed by atoms with Crippen molar-refractivity contribution in [2.24, 2.45) is 0 Å². The maximum Gasteiger partial charge on any atom is 0.344 e. The van der Waals surface area contributed by atoms with Gasteiger partial charge in [-0.3, -0.25) is 0 Å². The van der Waals surface area contributed by atoms with Crippen LogP contribution < -0.4 is 10.1 Å². The predicted octanol–water partition coefficient (Wildman–Crippen LogP) is 2.35. The van der Waals surface area contributed by atoms with Crippen LogP contribution in [0.15, 0.2) is 41.0 Å². The summed E-state index contributed by atoms with van der Waals surface area (Å²) in [5, 5.41) is 21.6. The monoisotopic (exact) mass is 411 g/mol. The van der Waals surface area contributed by atoms with Crippen molar-refractivity contribution in [1.29, 1.82) is 0 Å². The van der Waals surface area contributed by atoms with Crippen LogP contribution in [0.5, 0.6) is 5.75 Å². The molecule has 0 radical (unpaired) electrons. The van der Waals surface area contributed by atoms with E-state index >= 15 is 0 Å². The van der Waals surface area contributed by atoms with Crippen LogP contribution in [0.2, 0.25) is 0 Å². The van der Waals surface area contributed by atoms with Gasteiger partial charge in [0.1, 0.15) is 16.8 Å². The lowest BCUT2D eigenvalue weighted by molar-refractivity contribution is -0.145. The standard InChI is InChI=1S/C22H25N3O5/c1-2-28-22(27)13-29-18-7-4-14-3-6-17(9-16(14)10-18)23-12-21(26)15-5-8-19-20(11-15)25-30-24-19/h4-5,7-8,10-11,17,21,23,26H,2-3,6,9,12-13H2,1H3/t17?,21-/m1/s1. The van der Waals surface area contributed by atoms with Crippen LogP contribution in [0.25, 0.3) is 11.0 Å². The summed E-state index contributed by atoms with van der Waals surface area (Å²) in [6.45, 7) is 2.46. The molecule has 1 aromatic heterocycles. The van der Waals surface area contributed by atoms with Crippen LogP contribution in [0.4, 0.5) is 0 Å². The number of benzene rings is 2. The normalized spacial score (nSPS) is 16.8. The number of ether oxygens (including phenoxy) is 2. The Hall–Kier alpha value is -2.97. The summed E-state index contributed by atoms with van der Waals surface area (Å²) >= 11 is 0. The van der Waals surface area contributed by atoms with Crippen molar-refractivity contribution < 1.29 is 24.0 Å². The summed E-state index contributed by atoms with van der Waals surface area (Å²) in [7, 11) is 0. The lowest BCUT2D eigenvalue weighted by atomic mass is 9.88. The Morgan fingerprint density at radius 1 is 1.23 bits per heavy atom. The zero-order valence-electron chi connectivity index (χ0n) is 16.8. The highest BCUT2D eigenvalue weighted by Gasteiger charge is 2.20. The molecule has 4 rings (SSSR count). The van der Waals surface area contributed by atoms with E-state index in [4.69, 9.17) is 14.1 Å². The third-order valence-electron chi connectivity index (χ3n) is 5.33. The number of aliphatic hydroxyl groups excluding tert-OH is 1. The minimum Gasteiger partial charge on any atom is -0.482 e. The number of carbonyl (C=O) groups is 1. The predicted molar refractivity (Wildman–Crippen MR) is 109 cm³/mol. The SMILES string of the molecule is CCOC(=O)COc1ccc2c(c1)CC(NC[C@@H](O)c1ccc3nonc3c1)CC2. The van der Waals surface area contributed by atoms with Crippen molar-refractivity contribution >= 4 is 17.0 Å². The van der Waals surface area contributed by atoms with Gasteiger partial charge in [-0.1, -0.05) is 12.1 Å². The zero-order chi connectivity index (χ0) is 20.9. The molecular formula is C22H25N3O5. The van der Waals surface area contributed by atoms with E-state index in [-0.39, 0.29) is 18.6 Å². The fourth-order valence-electron chi connectivity index (χ4n) is 3.74. The Balaban J connectivity index is 1.32. The largest absolute Gasteiger partial charge is 0.482 e. The quantitative estimate of drug-likeness (QED) is 0.544. The second-order valence-corrected chi connectivity index (χ2v) is 7.40. The molecule has 1 aliphatic rings. The topological polar surface area (TPSA) is 107 Å². The van der Waals surface area contributed by atoms with Crippen LogP contribution in [0.3, 0.4) is 0 Å². The van der Waals surface area contributed by atoms with E-state index in [0.29, 0.717) is 29.9 Å². The molecule has 8 heteroatoms. The second kappa shape index (κ2) is 9.23. The zero-order valence-corrected chi connectivity index (χ0v) is 16.8. The van der Waals surface area contributed by atoms with Crippen molar-refractivity contribution in [3.8, 4) is 5.75 Å². The summed E-state index contributed by atoms with van der Waals surface area (Å²) in [4.78, 5) is 11.5. The molecule has 0 saturated carbocycles. The van der Waals surface area contributed by atoms with E-state index in [1.165, 1.54) is 11.1 Å². The fraction of sp³-hybridized carbons (Fsp3) is 0.409. The van der Waals surface area contributed by atoms with Crippen LogP contribution in [0, 0.1) is 0 Å². The van der Waals surface area contributed by atoms with Gasteiger partial charge in [-0.2, -0.15) is 0 Å². The van der Waals surface area contributed by atoms with E-state index < -0.39 is 6.10 Å². The van der Waals surface area contributed by atoms with Gasteiger partial charge >= 0.3 is 5.97 Å². The highest BCUT2D eigenvalue weighted by molar-refractivity contribution is 5.73. The molecule has 0 aliphatic heterocycles. The average molecular weight is 411 g/mol. The number of nitrogens with zero attached hydrogens (tertiary/aromatic N) is 2. The first-order valence-corrected chi connectivity index (χ1v) is 10.2. The Morgan fingerprint density at radius 3 is 2.97 bits per heavy atom. The van der Waals surface area contributed by atoms with Crippen molar-refractivity contribution in [3.05, 3.63) is 53.1 Å². The highest BCUT2D eigenvalue weighted by Crippen LogP contribution is 2.26. The fourth-order valence-corrected chi connectivity index (χ4v) is 3.74. The van der Waals surface area contributed by atoms with E-state index in [2.05, 4.69) is 21.7 Å². The number of hydrogen-bond donors (Lipinski definition) is 2. The molecule has 2 N–H and O–H groups in total. The lowest BCUT2D eigenvalue weighted by Gasteiger charge is -2.27. The minimum atomic E-state index is -0.647. The van der Waals surface area contributed by atoms with Gasteiger partial charge in [-0.05, 0) is 77.5 Å². The Labute approximate surface area is 174 Å². The summed E-state index contributed by atoms with van der Waals surface area (Å²) in [6, 6.07) is 11.6. The molecule has 8 nitrogen and oxygen atoms in total. The first-order valence-electron chi connectivity index (χ1n) is 10.2. The Morgan fingerprint density at radius 2 is 2.10 bits per heavy atom. The number of aryl methyl sites for hydroxylation is 1. The molecule has 1 aliphatic carbocycles. The van der Waals surface area contributed by atoms with Gasteiger partial charge in [0.15, 0.2) is 6.61 Å². The van der Waals surface area contributed by atoms with Gasteiger partial charge in [-0.25, -0.2) is 9.42 Å². The maximum absolute atomic E-state index is 11.5. The number of aromatic nitrogens is 2. The summed E-state index contributed by atoms with van der Waals surface area (Å²) in [5.74, 6) is 0.292. The van der Waals surface area contributed by atoms with Gasteiger partial charge < -0.3 is 19.9 Å². The third-order valence-corrected chi connectivity index (χ3v) is 5.33. The molecule has 1 unspecified atom stereocenters. The van der Waals surface area contributed by atoms with Crippen molar-refractivity contribution in [2.45, 2.75) is 38.3 Å².